The Hall–Kier alpha value is -1.32. The van der Waals surface area contributed by atoms with Crippen LogP contribution in [0.5, 0.6) is 0 Å². The lowest BCUT2D eigenvalue weighted by molar-refractivity contribution is 0.598. The molecule has 0 bridgehead atoms. The van der Waals surface area contributed by atoms with Crippen molar-refractivity contribution in [1.82, 2.24) is 15.1 Å². The molecule has 1 N–H and O–H groups in total. The average Bonchev–Trinajstić information content (AvgIpc) is 3.17. The second-order valence-electron chi connectivity index (χ2n) is 5.45. The molecule has 1 aliphatic rings. The summed E-state index contributed by atoms with van der Waals surface area (Å²) >= 11 is 6.42. The molecule has 0 radical (unpaired) electrons. The van der Waals surface area contributed by atoms with E-state index in [1.807, 2.05) is 16.9 Å². The van der Waals surface area contributed by atoms with Crippen LogP contribution in [-0.2, 0) is 0 Å². The van der Waals surface area contributed by atoms with Gasteiger partial charge in [0.15, 0.2) is 0 Å². The highest BCUT2D eigenvalue weighted by Gasteiger charge is 2.26. The predicted octanol–water partition coefficient (Wildman–Crippen LogP) is 4.07. The standard InChI is InChI=1S/C16H20ClN3/c1-3-18-11(2)13-6-7-16(14(17)10-13)20-9-8-15(19-20)12-4-5-12/h6-12,18H,3-5H2,1-2H3. The molecular weight excluding hydrogens is 270 g/mol. The molecule has 1 heterocycles. The van der Waals surface area contributed by atoms with Crippen LogP contribution in [0.25, 0.3) is 5.69 Å². The Morgan fingerprint density at radius 1 is 1.40 bits per heavy atom. The Kier molecular flexibility index (Phi) is 3.81. The van der Waals surface area contributed by atoms with Gasteiger partial charge in [0.1, 0.15) is 0 Å². The monoisotopic (exact) mass is 289 g/mol. The number of hydrogen-bond donors (Lipinski definition) is 1. The minimum atomic E-state index is 0.311. The van der Waals surface area contributed by atoms with Crippen molar-refractivity contribution in [2.24, 2.45) is 0 Å². The Balaban J connectivity index is 1.85. The van der Waals surface area contributed by atoms with Crippen LogP contribution in [0.1, 0.15) is 49.9 Å². The largest absolute Gasteiger partial charge is 0.310 e. The molecule has 2 aromatic rings. The van der Waals surface area contributed by atoms with Crippen molar-refractivity contribution < 1.29 is 0 Å². The van der Waals surface area contributed by atoms with E-state index in [0.717, 1.165) is 17.3 Å². The molecule has 0 spiro atoms. The van der Waals surface area contributed by atoms with E-state index in [2.05, 4.69) is 42.5 Å². The molecule has 1 aliphatic carbocycles. The molecule has 106 valence electrons. The van der Waals surface area contributed by atoms with Gasteiger partial charge in [0.05, 0.1) is 16.4 Å². The van der Waals surface area contributed by atoms with Crippen LogP contribution in [0.3, 0.4) is 0 Å². The zero-order valence-corrected chi connectivity index (χ0v) is 12.7. The van der Waals surface area contributed by atoms with Crippen molar-refractivity contribution in [3.05, 3.63) is 46.7 Å². The van der Waals surface area contributed by atoms with Gasteiger partial charge in [0.25, 0.3) is 0 Å². The van der Waals surface area contributed by atoms with Gasteiger partial charge >= 0.3 is 0 Å². The normalized spacial score (nSPS) is 16.4. The molecule has 1 unspecified atom stereocenters. The molecular formula is C16H20ClN3. The Labute approximate surface area is 124 Å². The fraction of sp³-hybridized carbons (Fsp3) is 0.438. The van der Waals surface area contributed by atoms with Crippen molar-refractivity contribution in [2.45, 2.75) is 38.6 Å². The summed E-state index contributed by atoms with van der Waals surface area (Å²) in [5, 5.41) is 8.77. The van der Waals surface area contributed by atoms with Gasteiger partial charge in [-0.3, -0.25) is 0 Å². The average molecular weight is 290 g/mol. The number of benzene rings is 1. The highest BCUT2D eigenvalue weighted by atomic mass is 35.5. The molecule has 1 saturated carbocycles. The first-order valence-corrected chi connectivity index (χ1v) is 7.65. The van der Waals surface area contributed by atoms with Crippen LogP contribution in [-0.4, -0.2) is 16.3 Å². The zero-order valence-electron chi connectivity index (χ0n) is 11.9. The van der Waals surface area contributed by atoms with Gasteiger partial charge in [-0.15, -0.1) is 0 Å². The first-order chi connectivity index (χ1) is 9.69. The molecule has 1 atom stereocenters. The summed E-state index contributed by atoms with van der Waals surface area (Å²) in [5.41, 5.74) is 3.34. The fourth-order valence-corrected chi connectivity index (χ4v) is 2.75. The lowest BCUT2D eigenvalue weighted by Crippen LogP contribution is -2.17. The summed E-state index contributed by atoms with van der Waals surface area (Å²) in [6.45, 7) is 5.20. The van der Waals surface area contributed by atoms with E-state index in [4.69, 9.17) is 11.6 Å². The summed E-state index contributed by atoms with van der Waals surface area (Å²) in [6.07, 6.45) is 4.54. The second kappa shape index (κ2) is 5.58. The van der Waals surface area contributed by atoms with Crippen LogP contribution in [0, 0.1) is 0 Å². The predicted molar refractivity (Wildman–Crippen MR) is 82.6 cm³/mol. The van der Waals surface area contributed by atoms with Gasteiger partial charge in [-0.05, 0) is 50.1 Å². The highest BCUT2D eigenvalue weighted by molar-refractivity contribution is 6.32. The molecule has 1 aromatic heterocycles. The number of nitrogens with one attached hydrogen (secondary N) is 1. The molecule has 0 aliphatic heterocycles. The number of nitrogens with zero attached hydrogens (tertiary/aromatic N) is 2. The molecule has 4 heteroatoms. The minimum Gasteiger partial charge on any atom is -0.310 e. The number of halogens is 1. The van der Waals surface area contributed by atoms with Gasteiger partial charge in [-0.25, -0.2) is 4.68 Å². The highest BCUT2D eigenvalue weighted by Crippen LogP contribution is 2.39. The van der Waals surface area contributed by atoms with E-state index >= 15 is 0 Å². The second-order valence-corrected chi connectivity index (χ2v) is 5.86. The van der Waals surface area contributed by atoms with Gasteiger partial charge in [0, 0.05) is 18.2 Å². The molecule has 3 nitrogen and oxygen atoms in total. The smallest absolute Gasteiger partial charge is 0.0832 e. The Morgan fingerprint density at radius 2 is 2.20 bits per heavy atom. The third-order valence-electron chi connectivity index (χ3n) is 3.83. The third-order valence-corrected chi connectivity index (χ3v) is 4.14. The van der Waals surface area contributed by atoms with E-state index in [9.17, 15) is 0 Å². The Bertz CT molecular complexity index is 602. The lowest BCUT2D eigenvalue weighted by atomic mass is 10.1. The number of rotatable bonds is 5. The summed E-state index contributed by atoms with van der Waals surface area (Å²) in [4.78, 5) is 0. The van der Waals surface area contributed by atoms with E-state index in [-0.39, 0.29) is 0 Å². The van der Waals surface area contributed by atoms with E-state index in [1.165, 1.54) is 24.1 Å². The maximum Gasteiger partial charge on any atom is 0.0832 e. The molecule has 1 aromatic carbocycles. The van der Waals surface area contributed by atoms with Gasteiger partial charge < -0.3 is 5.32 Å². The summed E-state index contributed by atoms with van der Waals surface area (Å²) in [6, 6.07) is 8.61. The molecule has 20 heavy (non-hydrogen) atoms. The van der Waals surface area contributed by atoms with Crippen LogP contribution in [0.15, 0.2) is 30.5 Å². The van der Waals surface area contributed by atoms with Crippen molar-refractivity contribution in [3.63, 3.8) is 0 Å². The summed E-state index contributed by atoms with van der Waals surface area (Å²) in [7, 11) is 0. The van der Waals surface area contributed by atoms with Gasteiger partial charge in [0.2, 0.25) is 0 Å². The summed E-state index contributed by atoms with van der Waals surface area (Å²) in [5.74, 6) is 0.670. The third kappa shape index (κ3) is 2.74. The van der Waals surface area contributed by atoms with Gasteiger partial charge in [-0.2, -0.15) is 5.10 Å². The first-order valence-electron chi connectivity index (χ1n) is 7.27. The minimum absolute atomic E-state index is 0.311. The topological polar surface area (TPSA) is 29.9 Å². The van der Waals surface area contributed by atoms with E-state index < -0.39 is 0 Å². The Morgan fingerprint density at radius 3 is 2.85 bits per heavy atom. The van der Waals surface area contributed by atoms with Crippen LogP contribution in [0.4, 0.5) is 0 Å². The first kappa shape index (κ1) is 13.7. The molecule has 1 fully saturated rings. The van der Waals surface area contributed by atoms with Crippen LogP contribution in [0.2, 0.25) is 5.02 Å². The van der Waals surface area contributed by atoms with Crippen LogP contribution < -0.4 is 5.32 Å². The fourth-order valence-electron chi connectivity index (χ4n) is 2.47. The number of hydrogen-bond acceptors (Lipinski definition) is 2. The van der Waals surface area contributed by atoms with Gasteiger partial charge in [-0.1, -0.05) is 24.6 Å². The number of aromatic nitrogens is 2. The summed E-state index contributed by atoms with van der Waals surface area (Å²) < 4.78 is 1.89. The van der Waals surface area contributed by atoms with Crippen molar-refractivity contribution >= 4 is 11.6 Å². The molecule has 0 amide bonds. The molecule has 3 rings (SSSR count). The maximum absolute atomic E-state index is 6.42. The SMILES string of the molecule is CCNC(C)c1ccc(-n2ccc(C3CC3)n2)c(Cl)c1. The lowest BCUT2D eigenvalue weighted by Gasteiger charge is -2.14. The van der Waals surface area contributed by atoms with Crippen molar-refractivity contribution in [2.75, 3.05) is 6.54 Å². The van der Waals surface area contributed by atoms with Crippen molar-refractivity contribution in [3.8, 4) is 5.69 Å². The zero-order chi connectivity index (χ0) is 14.1. The van der Waals surface area contributed by atoms with E-state index in [1.54, 1.807) is 0 Å². The quantitative estimate of drug-likeness (QED) is 0.899. The maximum atomic E-state index is 6.42. The van der Waals surface area contributed by atoms with Crippen LogP contribution >= 0.6 is 11.6 Å². The van der Waals surface area contributed by atoms with E-state index in [0.29, 0.717) is 12.0 Å². The molecule has 0 saturated heterocycles. The van der Waals surface area contributed by atoms with Crippen molar-refractivity contribution in [1.29, 1.82) is 0 Å².